The van der Waals surface area contributed by atoms with Crippen LogP contribution in [0.5, 0.6) is 0 Å². The summed E-state index contributed by atoms with van der Waals surface area (Å²) in [7, 11) is 0. The zero-order valence-electron chi connectivity index (χ0n) is 16.0. The number of hydrogen-bond donors (Lipinski definition) is 2. The molecule has 0 saturated carbocycles. The van der Waals surface area contributed by atoms with Crippen LogP contribution >= 0.6 is 11.6 Å². The fraction of sp³-hybridized carbons (Fsp3) is 0.286. The maximum absolute atomic E-state index is 12.1. The summed E-state index contributed by atoms with van der Waals surface area (Å²) in [5.41, 5.74) is 3.28. The summed E-state index contributed by atoms with van der Waals surface area (Å²) in [5, 5.41) is 5.69. The molecule has 0 aliphatic rings. The van der Waals surface area contributed by atoms with Crippen LogP contribution in [0, 0.1) is 13.8 Å². The molecule has 2 aromatic rings. The SMILES string of the molecule is Cc1ccc(C(=O)NCC(=O)O[C@H](C)C(=O)NCc2ccccc2Cl)cc1C. The van der Waals surface area contributed by atoms with Crippen molar-refractivity contribution in [3.63, 3.8) is 0 Å². The molecule has 1 atom stereocenters. The van der Waals surface area contributed by atoms with Gasteiger partial charge in [0.05, 0.1) is 0 Å². The normalized spacial score (nSPS) is 11.4. The van der Waals surface area contributed by atoms with Crippen molar-refractivity contribution >= 4 is 29.4 Å². The molecule has 0 heterocycles. The molecule has 2 amide bonds. The third kappa shape index (κ3) is 6.09. The predicted octanol–water partition coefficient (Wildman–Crippen LogP) is 2.93. The molecular weight excluding hydrogens is 380 g/mol. The molecular formula is C21H23ClN2O4. The van der Waals surface area contributed by atoms with E-state index in [2.05, 4.69) is 10.6 Å². The zero-order chi connectivity index (χ0) is 20.7. The molecule has 0 aromatic heterocycles. The first-order valence-corrected chi connectivity index (χ1v) is 9.21. The second-order valence-corrected chi connectivity index (χ2v) is 6.83. The first-order chi connectivity index (χ1) is 13.3. The van der Waals surface area contributed by atoms with Crippen LogP contribution in [-0.2, 0) is 20.9 Å². The monoisotopic (exact) mass is 402 g/mol. The Hall–Kier alpha value is -2.86. The summed E-state index contributed by atoms with van der Waals surface area (Å²) in [5.74, 6) is -1.53. The van der Waals surface area contributed by atoms with Gasteiger partial charge in [-0.15, -0.1) is 0 Å². The minimum atomic E-state index is -0.992. The second-order valence-electron chi connectivity index (χ2n) is 6.42. The van der Waals surface area contributed by atoms with E-state index in [9.17, 15) is 14.4 Å². The van der Waals surface area contributed by atoms with Crippen LogP contribution in [0.3, 0.4) is 0 Å². The standard InChI is InChI=1S/C21H23ClN2O4/c1-13-8-9-16(10-14(13)2)21(27)24-12-19(25)28-15(3)20(26)23-11-17-6-4-5-7-18(17)22/h4-10,15H,11-12H2,1-3H3,(H,23,26)(H,24,27)/t15-/m1/s1. The smallest absolute Gasteiger partial charge is 0.326 e. The molecule has 2 aromatic carbocycles. The number of hydrogen-bond acceptors (Lipinski definition) is 4. The summed E-state index contributed by atoms with van der Waals surface area (Å²) in [6, 6.07) is 12.4. The quantitative estimate of drug-likeness (QED) is 0.697. The highest BCUT2D eigenvalue weighted by molar-refractivity contribution is 6.31. The van der Waals surface area contributed by atoms with Crippen molar-refractivity contribution in [2.75, 3.05) is 6.54 Å². The molecule has 6 nitrogen and oxygen atoms in total. The molecule has 0 spiro atoms. The minimum Gasteiger partial charge on any atom is -0.451 e. The Morgan fingerprint density at radius 2 is 1.75 bits per heavy atom. The van der Waals surface area contributed by atoms with E-state index in [0.717, 1.165) is 16.7 Å². The van der Waals surface area contributed by atoms with Gasteiger partial charge in [0.25, 0.3) is 11.8 Å². The number of carbonyl (C=O) groups excluding carboxylic acids is 3. The van der Waals surface area contributed by atoms with Crippen molar-refractivity contribution in [1.82, 2.24) is 10.6 Å². The summed E-state index contributed by atoms with van der Waals surface area (Å²) in [6.45, 7) is 5.22. The Bertz CT molecular complexity index is 882. The van der Waals surface area contributed by atoms with Gasteiger partial charge in [0.15, 0.2) is 6.10 Å². The highest BCUT2D eigenvalue weighted by atomic mass is 35.5. The van der Waals surface area contributed by atoms with Crippen molar-refractivity contribution < 1.29 is 19.1 Å². The summed E-state index contributed by atoms with van der Waals surface area (Å²) < 4.78 is 5.06. The number of carbonyl (C=O) groups is 3. The van der Waals surface area contributed by atoms with Gasteiger partial charge in [-0.1, -0.05) is 35.9 Å². The van der Waals surface area contributed by atoms with Crippen molar-refractivity contribution in [3.05, 3.63) is 69.7 Å². The van der Waals surface area contributed by atoms with E-state index in [-0.39, 0.29) is 19.0 Å². The van der Waals surface area contributed by atoms with Gasteiger partial charge in [-0.25, -0.2) is 0 Å². The Morgan fingerprint density at radius 1 is 1.04 bits per heavy atom. The average Bonchev–Trinajstić information content (AvgIpc) is 2.67. The Kier molecular flexibility index (Phi) is 7.58. The van der Waals surface area contributed by atoms with E-state index in [1.54, 1.807) is 30.3 Å². The average molecular weight is 403 g/mol. The zero-order valence-corrected chi connectivity index (χ0v) is 16.8. The van der Waals surface area contributed by atoms with Gasteiger partial charge in [0.1, 0.15) is 6.54 Å². The van der Waals surface area contributed by atoms with Crippen molar-refractivity contribution in [3.8, 4) is 0 Å². The van der Waals surface area contributed by atoms with Crippen LogP contribution in [0.1, 0.15) is 34.0 Å². The van der Waals surface area contributed by atoms with E-state index < -0.39 is 18.0 Å². The number of nitrogens with one attached hydrogen (secondary N) is 2. The van der Waals surface area contributed by atoms with Gasteiger partial charge < -0.3 is 15.4 Å². The molecule has 0 bridgehead atoms. The number of ether oxygens (including phenoxy) is 1. The fourth-order valence-corrected chi connectivity index (χ4v) is 2.60. The molecule has 7 heteroatoms. The molecule has 0 aliphatic heterocycles. The lowest BCUT2D eigenvalue weighted by Crippen LogP contribution is -2.38. The van der Waals surface area contributed by atoms with Gasteiger partial charge in [-0.05, 0) is 55.7 Å². The van der Waals surface area contributed by atoms with Gasteiger partial charge in [0, 0.05) is 17.1 Å². The number of rotatable bonds is 7. The van der Waals surface area contributed by atoms with E-state index >= 15 is 0 Å². The number of halogens is 1. The van der Waals surface area contributed by atoms with Crippen molar-refractivity contribution in [1.29, 1.82) is 0 Å². The van der Waals surface area contributed by atoms with Crippen LogP contribution in [0.2, 0.25) is 5.02 Å². The first kappa shape index (κ1) is 21.4. The number of esters is 1. The first-order valence-electron chi connectivity index (χ1n) is 8.84. The molecule has 0 saturated heterocycles. The molecule has 0 unspecified atom stereocenters. The lowest BCUT2D eigenvalue weighted by atomic mass is 10.1. The summed E-state index contributed by atoms with van der Waals surface area (Å²) in [6.07, 6.45) is -0.992. The highest BCUT2D eigenvalue weighted by Crippen LogP contribution is 2.14. The van der Waals surface area contributed by atoms with Crippen LogP contribution in [0.25, 0.3) is 0 Å². The molecule has 28 heavy (non-hydrogen) atoms. The molecule has 2 N–H and O–H groups in total. The van der Waals surface area contributed by atoms with Crippen LogP contribution in [-0.4, -0.2) is 30.4 Å². The lowest BCUT2D eigenvalue weighted by molar-refractivity contribution is -0.153. The Labute approximate surface area is 169 Å². The third-order valence-corrected chi connectivity index (χ3v) is 4.62. The molecule has 0 aliphatic carbocycles. The van der Waals surface area contributed by atoms with Gasteiger partial charge in [-0.3, -0.25) is 14.4 Å². The van der Waals surface area contributed by atoms with Crippen LogP contribution in [0.4, 0.5) is 0 Å². The van der Waals surface area contributed by atoms with Crippen molar-refractivity contribution in [2.24, 2.45) is 0 Å². The van der Waals surface area contributed by atoms with Crippen LogP contribution in [0.15, 0.2) is 42.5 Å². The fourth-order valence-electron chi connectivity index (χ4n) is 2.40. The minimum absolute atomic E-state index is 0.226. The van der Waals surface area contributed by atoms with Crippen molar-refractivity contribution in [2.45, 2.75) is 33.4 Å². The van der Waals surface area contributed by atoms with Gasteiger partial charge in [-0.2, -0.15) is 0 Å². The molecule has 148 valence electrons. The topological polar surface area (TPSA) is 84.5 Å². The molecule has 0 radical (unpaired) electrons. The second kappa shape index (κ2) is 9.90. The molecule has 0 fully saturated rings. The Balaban J connectivity index is 1.78. The molecule has 2 rings (SSSR count). The van der Waals surface area contributed by atoms with E-state index in [1.807, 2.05) is 26.0 Å². The van der Waals surface area contributed by atoms with Crippen LogP contribution < -0.4 is 10.6 Å². The third-order valence-electron chi connectivity index (χ3n) is 4.25. The van der Waals surface area contributed by atoms with E-state index in [4.69, 9.17) is 16.3 Å². The summed E-state index contributed by atoms with van der Waals surface area (Å²) >= 11 is 6.03. The largest absolute Gasteiger partial charge is 0.451 e. The maximum Gasteiger partial charge on any atom is 0.326 e. The Morgan fingerprint density at radius 3 is 2.43 bits per heavy atom. The van der Waals surface area contributed by atoms with Gasteiger partial charge in [0.2, 0.25) is 0 Å². The highest BCUT2D eigenvalue weighted by Gasteiger charge is 2.18. The number of amides is 2. The summed E-state index contributed by atoms with van der Waals surface area (Å²) in [4.78, 5) is 36.1. The predicted molar refractivity (Wildman–Crippen MR) is 107 cm³/mol. The number of aryl methyl sites for hydroxylation is 2. The maximum atomic E-state index is 12.1. The van der Waals surface area contributed by atoms with Gasteiger partial charge >= 0.3 is 5.97 Å². The lowest BCUT2D eigenvalue weighted by Gasteiger charge is -2.14. The van der Waals surface area contributed by atoms with E-state index in [0.29, 0.717) is 10.6 Å². The van der Waals surface area contributed by atoms with E-state index in [1.165, 1.54) is 6.92 Å². The number of benzene rings is 2.